The van der Waals surface area contributed by atoms with Crippen LogP contribution in [0, 0.1) is 0 Å². The molecule has 0 rings (SSSR count). The molecule has 0 aromatic rings. The van der Waals surface area contributed by atoms with E-state index in [9.17, 15) is 0 Å². The van der Waals surface area contributed by atoms with Gasteiger partial charge in [0.1, 0.15) is 0 Å². The number of nitrogens with two attached hydrogens (primary N) is 2. The summed E-state index contributed by atoms with van der Waals surface area (Å²) in [5.41, 5.74) is 12.0. The van der Waals surface area contributed by atoms with Gasteiger partial charge in [-0.3, -0.25) is 4.99 Å². The third-order valence-corrected chi connectivity index (χ3v) is 0.879. The lowest BCUT2D eigenvalue weighted by Gasteiger charge is -1.91. The Balaban J connectivity index is 4.12. The molecule has 0 saturated carbocycles. The monoisotopic (exact) mass is 139 g/mol. The highest BCUT2D eigenvalue weighted by Crippen LogP contribution is 1.83. The lowest BCUT2D eigenvalue weighted by molar-refractivity contribution is 1.25. The van der Waals surface area contributed by atoms with E-state index in [0.717, 1.165) is 5.71 Å². The SMILES string of the molecule is C=CC(CN)=N/C=C(/C)N. The van der Waals surface area contributed by atoms with Crippen molar-refractivity contribution >= 4 is 5.71 Å². The van der Waals surface area contributed by atoms with Gasteiger partial charge in [-0.15, -0.1) is 0 Å². The lowest BCUT2D eigenvalue weighted by Crippen LogP contribution is -2.10. The summed E-state index contributed by atoms with van der Waals surface area (Å²) in [6, 6.07) is 0. The van der Waals surface area contributed by atoms with Crippen molar-refractivity contribution in [3.63, 3.8) is 0 Å². The first kappa shape index (κ1) is 8.91. The highest BCUT2D eigenvalue weighted by Gasteiger charge is 1.83. The molecule has 0 atom stereocenters. The van der Waals surface area contributed by atoms with Crippen molar-refractivity contribution in [3.05, 3.63) is 24.6 Å². The van der Waals surface area contributed by atoms with Gasteiger partial charge in [0.15, 0.2) is 0 Å². The maximum absolute atomic E-state index is 5.33. The fourth-order valence-corrected chi connectivity index (χ4v) is 0.373. The van der Waals surface area contributed by atoms with E-state index in [4.69, 9.17) is 11.5 Å². The molecule has 0 aliphatic rings. The number of rotatable bonds is 3. The van der Waals surface area contributed by atoms with Crippen LogP contribution in [0.3, 0.4) is 0 Å². The van der Waals surface area contributed by atoms with Crippen LogP contribution in [0.1, 0.15) is 6.92 Å². The van der Waals surface area contributed by atoms with E-state index in [1.54, 1.807) is 19.2 Å². The first-order valence-electron chi connectivity index (χ1n) is 3.02. The second-order valence-electron chi connectivity index (χ2n) is 1.90. The summed E-state index contributed by atoms with van der Waals surface area (Å²) in [4.78, 5) is 3.95. The summed E-state index contributed by atoms with van der Waals surface area (Å²) in [6.07, 6.45) is 3.17. The molecule has 0 aliphatic carbocycles. The molecule has 0 aromatic heterocycles. The van der Waals surface area contributed by atoms with Crippen LogP contribution >= 0.6 is 0 Å². The first-order valence-corrected chi connectivity index (χ1v) is 3.02. The number of hydrogen-bond acceptors (Lipinski definition) is 3. The van der Waals surface area contributed by atoms with Crippen molar-refractivity contribution in [2.24, 2.45) is 16.5 Å². The van der Waals surface area contributed by atoms with Crippen LogP contribution in [-0.2, 0) is 0 Å². The van der Waals surface area contributed by atoms with Crippen LogP contribution in [-0.4, -0.2) is 12.3 Å². The Kier molecular flexibility index (Phi) is 4.24. The van der Waals surface area contributed by atoms with E-state index in [1.165, 1.54) is 0 Å². The highest BCUT2D eigenvalue weighted by molar-refractivity contribution is 5.96. The quantitative estimate of drug-likeness (QED) is 0.555. The normalized spacial score (nSPS) is 13.4. The average molecular weight is 139 g/mol. The summed E-state index contributed by atoms with van der Waals surface area (Å²) >= 11 is 0. The summed E-state index contributed by atoms with van der Waals surface area (Å²) < 4.78 is 0. The molecule has 0 spiro atoms. The highest BCUT2D eigenvalue weighted by atomic mass is 14.8. The molecule has 0 radical (unpaired) electrons. The van der Waals surface area contributed by atoms with Crippen molar-refractivity contribution in [2.45, 2.75) is 6.92 Å². The zero-order valence-corrected chi connectivity index (χ0v) is 6.17. The van der Waals surface area contributed by atoms with E-state index in [-0.39, 0.29) is 0 Å². The van der Waals surface area contributed by atoms with E-state index >= 15 is 0 Å². The van der Waals surface area contributed by atoms with Crippen LogP contribution < -0.4 is 11.5 Å². The van der Waals surface area contributed by atoms with Crippen LogP contribution in [0.15, 0.2) is 29.5 Å². The number of aliphatic imine (C=N–C) groups is 1. The van der Waals surface area contributed by atoms with Gasteiger partial charge in [-0.2, -0.15) is 0 Å². The largest absolute Gasteiger partial charge is 0.401 e. The average Bonchev–Trinajstić information content (AvgIpc) is 1.90. The van der Waals surface area contributed by atoms with Gasteiger partial charge in [0.2, 0.25) is 0 Å². The minimum absolute atomic E-state index is 0.396. The predicted octanol–water partition coefficient (Wildman–Crippen LogP) is 0.392. The molecule has 0 amide bonds. The molecule has 0 saturated heterocycles. The van der Waals surface area contributed by atoms with Crippen LogP contribution in [0.4, 0.5) is 0 Å². The predicted molar refractivity (Wildman–Crippen MR) is 44.6 cm³/mol. The minimum Gasteiger partial charge on any atom is -0.401 e. The zero-order chi connectivity index (χ0) is 7.98. The molecule has 0 aliphatic heterocycles. The Morgan fingerprint density at radius 3 is 2.60 bits per heavy atom. The fraction of sp³-hybridized carbons (Fsp3) is 0.286. The Labute approximate surface area is 61.1 Å². The van der Waals surface area contributed by atoms with Gasteiger partial charge in [-0.25, -0.2) is 0 Å². The molecule has 0 unspecified atom stereocenters. The van der Waals surface area contributed by atoms with Gasteiger partial charge < -0.3 is 11.5 Å². The zero-order valence-electron chi connectivity index (χ0n) is 6.17. The second kappa shape index (κ2) is 4.76. The molecular formula is C7H13N3. The molecule has 0 fully saturated rings. The molecule has 0 heterocycles. The van der Waals surface area contributed by atoms with Gasteiger partial charge in [0, 0.05) is 18.4 Å². The van der Waals surface area contributed by atoms with Crippen molar-refractivity contribution in [1.29, 1.82) is 0 Å². The Morgan fingerprint density at radius 1 is 1.70 bits per heavy atom. The second-order valence-corrected chi connectivity index (χ2v) is 1.90. The molecule has 3 heteroatoms. The number of nitrogens with zero attached hydrogens (tertiary/aromatic N) is 1. The third-order valence-electron chi connectivity index (χ3n) is 0.879. The van der Waals surface area contributed by atoms with Gasteiger partial charge in [0.25, 0.3) is 0 Å². The van der Waals surface area contributed by atoms with Crippen LogP contribution in [0.5, 0.6) is 0 Å². The van der Waals surface area contributed by atoms with E-state index in [0.29, 0.717) is 12.2 Å². The molecule has 10 heavy (non-hydrogen) atoms. The first-order chi connectivity index (χ1) is 4.70. The topological polar surface area (TPSA) is 64.4 Å². The Bertz CT molecular complexity index is 164. The minimum atomic E-state index is 0.396. The molecule has 4 N–H and O–H groups in total. The number of allylic oxidation sites excluding steroid dienone is 1. The van der Waals surface area contributed by atoms with Crippen molar-refractivity contribution in [2.75, 3.05) is 6.54 Å². The van der Waals surface area contributed by atoms with E-state index in [2.05, 4.69) is 11.6 Å². The summed E-state index contributed by atoms with van der Waals surface area (Å²) in [6.45, 7) is 5.69. The van der Waals surface area contributed by atoms with Crippen molar-refractivity contribution in [1.82, 2.24) is 0 Å². The van der Waals surface area contributed by atoms with Gasteiger partial charge in [-0.05, 0) is 13.0 Å². The van der Waals surface area contributed by atoms with Crippen molar-refractivity contribution in [3.8, 4) is 0 Å². The van der Waals surface area contributed by atoms with Gasteiger partial charge >= 0.3 is 0 Å². The molecule has 0 aromatic carbocycles. The molecule has 0 bridgehead atoms. The maximum Gasteiger partial charge on any atom is 0.0534 e. The lowest BCUT2D eigenvalue weighted by atomic mass is 10.4. The summed E-state index contributed by atoms with van der Waals surface area (Å²) in [5, 5.41) is 0. The molecular weight excluding hydrogens is 126 g/mol. The van der Waals surface area contributed by atoms with Gasteiger partial charge in [0.05, 0.1) is 5.71 Å². The van der Waals surface area contributed by atoms with E-state index in [1.807, 2.05) is 0 Å². The fourth-order valence-electron chi connectivity index (χ4n) is 0.373. The van der Waals surface area contributed by atoms with Crippen LogP contribution in [0.25, 0.3) is 0 Å². The third kappa shape index (κ3) is 3.86. The summed E-state index contributed by atoms with van der Waals surface area (Å²) in [5.74, 6) is 0. The smallest absolute Gasteiger partial charge is 0.0534 e. The molecule has 56 valence electrons. The summed E-state index contributed by atoms with van der Waals surface area (Å²) in [7, 11) is 0. The standard InChI is InChI=1S/C7H13N3/c1-3-7(4-8)10-5-6(2)9/h3,5H,1,4,8-9H2,2H3/b6-5-,10-7?. The molecule has 3 nitrogen and oxygen atoms in total. The van der Waals surface area contributed by atoms with Crippen molar-refractivity contribution < 1.29 is 0 Å². The van der Waals surface area contributed by atoms with Gasteiger partial charge in [-0.1, -0.05) is 6.58 Å². The Morgan fingerprint density at radius 2 is 2.30 bits per heavy atom. The van der Waals surface area contributed by atoms with E-state index < -0.39 is 0 Å². The Hall–Kier alpha value is -1.09. The number of hydrogen-bond donors (Lipinski definition) is 2. The van der Waals surface area contributed by atoms with Crippen LogP contribution in [0.2, 0.25) is 0 Å². The maximum atomic E-state index is 5.33.